The highest BCUT2D eigenvalue weighted by atomic mass is 16.3. The number of amides is 1. The molecule has 0 spiro atoms. The third-order valence-electron chi connectivity index (χ3n) is 4.03. The lowest BCUT2D eigenvalue weighted by atomic mass is 9.83. The van der Waals surface area contributed by atoms with Crippen molar-refractivity contribution in [1.29, 1.82) is 0 Å². The fraction of sp³-hybridized carbons (Fsp3) is 0.667. The van der Waals surface area contributed by atoms with Gasteiger partial charge in [0.15, 0.2) is 0 Å². The molecule has 0 radical (unpaired) electrons. The molecule has 0 saturated carbocycles. The van der Waals surface area contributed by atoms with Gasteiger partial charge in [-0.2, -0.15) is 0 Å². The molecule has 5 nitrogen and oxygen atoms in total. The third kappa shape index (κ3) is 4.65. The molecular weight excluding hydrogens is 256 g/mol. The second kappa shape index (κ2) is 8.07. The molecule has 0 saturated heterocycles. The fourth-order valence-electron chi connectivity index (χ4n) is 1.98. The number of nitrogens with one attached hydrogen (secondary N) is 2. The Hall–Kier alpha value is -1.33. The fourth-order valence-corrected chi connectivity index (χ4v) is 1.98. The van der Waals surface area contributed by atoms with E-state index in [-0.39, 0.29) is 24.0 Å². The van der Waals surface area contributed by atoms with Gasteiger partial charge in [-0.25, -0.2) is 0 Å². The molecular formula is C15H26N2O3. The zero-order chi connectivity index (χ0) is 15.0. The summed E-state index contributed by atoms with van der Waals surface area (Å²) >= 11 is 0. The van der Waals surface area contributed by atoms with E-state index < -0.39 is 0 Å². The Bertz CT molecular complexity index is 378. The highest BCUT2D eigenvalue weighted by molar-refractivity contribution is 5.81. The summed E-state index contributed by atoms with van der Waals surface area (Å²) in [5, 5.41) is 15.5. The largest absolute Gasteiger partial charge is 0.467 e. The first-order chi connectivity index (χ1) is 9.56. The number of furan rings is 1. The maximum absolute atomic E-state index is 11.9. The van der Waals surface area contributed by atoms with Gasteiger partial charge in [-0.15, -0.1) is 0 Å². The van der Waals surface area contributed by atoms with Crippen LogP contribution in [-0.2, 0) is 11.3 Å². The molecule has 0 bridgehead atoms. The van der Waals surface area contributed by atoms with Gasteiger partial charge in [-0.05, 0) is 31.9 Å². The Morgan fingerprint density at radius 2 is 2.15 bits per heavy atom. The van der Waals surface area contributed by atoms with Gasteiger partial charge in [0, 0.05) is 18.6 Å². The molecule has 1 rings (SSSR count). The molecule has 3 N–H and O–H groups in total. The molecule has 0 aliphatic rings. The summed E-state index contributed by atoms with van der Waals surface area (Å²) in [7, 11) is 0. The zero-order valence-electron chi connectivity index (χ0n) is 12.6. The predicted molar refractivity (Wildman–Crippen MR) is 78.1 cm³/mol. The van der Waals surface area contributed by atoms with Gasteiger partial charge in [0.2, 0.25) is 5.91 Å². The summed E-state index contributed by atoms with van der Waals surface area (Å²) < 4.78 is 5.16. The molecule has 0 aliphatic carbocycles. The van der Waals surface area contributed by atoms with E-state index in [2.05, 4.69) is 24.5 Å². The quantitative estimate of drug-likeness (QED) is 0.644. The van der Waals surface area contributed by atoms with Crippen molar-refractivity contribution in [3.8, 4) is 0 Å². The summed E-state index contributed by atoms with van der Waals surface area (Å²) in [4.78, 5) is 11.9. The van der Waals surface area contributed by atoms with Crippen LogP contribution < -0.4 is 10.6 Å². The third-order valence-corrected chi connectivity index (χ3v) is 4.03. The molecule has 114 valence electrons. The van der Waals surface area contributed by atoms with Crippen molar-refractivity contribution in [1.82, 2.24) is 10.6 Å². The van der Waals surface area contributed by atoms with Crippen LogP contribution in [0.5, 0.6) is 0 Å². The molecule has 1 heterocycles. The molecule has 0 aromatic carbocycles. The minimum Gasteiger partial charge on any atom is -0.467 e. The van der Waals surface area contributed by atoms with Crippen LogP contribution in [0.2, 0.25) is 0 Å². The molecule has 1 amide bonds. The van der Waals surface area contributed by atoms with Crippen LogP contribution in [0.3, 0.4) is 0 Å². The molecule has 5 heteroatoms. The van der Waals surface area contributed by atoms with E-state index in [9.17, 15) is 9.90 Å². The van der Waals surface area contributed by atoms with Crippen LogP contribution in [0.4, 0.5) is 0 Å². The predicted octanol–water partition coefficient (Wildman–Crippen LogP) is 1.67. The van der Waals surface area contributed by atoms with Gasteiger partial charge in [0.1, 0.15) is 5.76 Å². The summed E-state index contributed by atoms with van der Waals surface area (Å²) in [6, 6.07) is 3.32. The van der Waals surface area contributed by atoms with Gasteiger partial charge in [-0.1, -0.05) is 13.8 Å². The number of aliphatic hydroxyl groups excluding tert-OH is 1. The molecule has 1 aromatic heterocycles. The maximum atomic E-state index is 11.9. The number of hydrogen-bond acceptors (Lipinski definition) is 4. The monoisotopic (exact) mass is 282 g/mol. The van der Waals surface area contributed by atoms with Crippen LogP contribution in [0, 0.1) is 5.41 Å². The van der Waals surface area contributed by atoms with E-state index >= 15 is 0 Å². The van der Waals surface area contributed by atoms with Gasteiger partial charge in [0.25, 0.3) is 0 Å². The SMILES string of the molecule is CCC(CC)(CO)CNC(C)C(=O)NCc1ccco1. The number of rotatable bonds is 9. The average molecular weight is 282 g/mol. The van der Waals surface area contributed by atoms with E-state index in [4.69, 9.17) is 4.42 Å². The van der Waals surface area contributed by atoms with E-state index in [0.29, 0.717) is 13.1 Å². The van der Waals surface area contributed by atoms with Crippen LogP contribution in [0.15, 0.2) is 22.8 Å². The lowest BCUT2D eigenvalue weighted by Crippen LogP contribution is -2.47. The molecule has 0 fully saturated rings. The van der Waals surface area contributed by atoms with E-state index in [1.54, 1.807) is 12.3 Å². The topological polar surface area (TPSA) is 74.5 Å². The van der Waals surface area contributed by atoms with Gasteiger partial charge < -0.3 is 20.2 Å². The minimum atomic E-state index is -0.297. The normalized spacial score (nSPS) is 13.2. The first-order valence-corrected chi connectivity index (χ1v) is 7.21. The number of hydrogen-bond donors (Lipinski definition) is 3. The van der Waals surface area contributed by atoms with Crippen LogP contribution in [-0.4, -0.2) is 30.2 Å². The molecule has 1 unspecified atom stereocenters. The van der Waals surface area contributed by atoms with Crippen LogP contribution >= 0.6 is 0 Å². The highest BCUT2D eigenvalue weighted by Crippen LogP contribution is 2.24. The van der Waals surface area contributed by atoms with Crippen molar-refractivity contribution in [2.45, 2.75) is 46.2 Å². The zero-order valence-corrected chi connectivity index (χ0v) is 12.6. The number of carbonyl (C=O) groups excluding carboxylic acids is 1. The summed E-state index contributed by atoms with van der Waals surface area (Å²) in [5.74, 6) is 0.665. The maximum Gasteiger partial charge on any atom is 0.237 e. The molecule has 0 aliphatic heterocycles. The van der Waals surface area contributed by atoms with Gasteiger partial charge >= 0.3 is 0 Å². The Kier molecular flexibility index (Phi) is 6.75. The first kappa shape index (κ1) is 16.7. The van der Waals surface area contributed by atoms with E-state index in [1.807, 2.05) is 13.0 Å². The van der Waals surface area contributed by atoms with Crippen molar-refractivity contribution in [3.05, 3.63) is 24.2 Å². The van der Waals surface area contributed by atoms with E-state index in [1.165, 1.54) is 0 Å². The average Bonchev–Trinajstić information content (AvgIpc) is 2.99. The smallest absolute Gasteiger partial charge is 0.237 e. The minimum absolute atomic E-state index is 0.0690. The van der Waals surface area contributed by atoms with Crippen LogP contribution in [0.1, 0.15) is 39.4 Å². The molecule has 1 aromatic rings. The standard InChI is InChI=1S/C15H26N2O3/c1-4-15(5-2,11-18)10-17-12(3)14(19)16-9-13-7-6-8-20-13/h6-8,12,17-18H,4-5,9-11H2,1-3H3,(H,16,19). The lowest BCUT2D eigenvalue weighted by molar-refractivity contribution is -0.123. The van der Waals surface area contributed by atoms with Gasteiger partial charge in [0.05, 0.1) is 18.8 Å². The molecule has 20 heavy (non-hydrogen) atoms. The Morgan fingerprint density at radius 3 is 2.65 bits per heavy atom. The second-order valence-electron chi connectivity index (χ2n) is 5.26. The lowest BCUT2D eigenvalue weighted by Gasteiger charge is -2.31. The van der Waals surface area contributed by atoms with Crippen molar-refractivity contribution < 1.29 is 14.3 Å². The first-order valence-electron chi connectivity index (χ1n) is 7.21. The highest BCUT2D eigenvalue weighted by Gasteiger charge is 2.26. The second-order valence-corrected chi connectivity index (χ2v) is 5.26. The van der Waals surface area contributed by atoms with Crippen molar-refractivity contribution in [2.24, 2.45) is 5.41 Å². The summed E-state index contributed by atoms with van der Waals surface area (Å²) in [6.07, 6.45) is 3.35. The van der Waals surface area contributed by atoms with Crippen molar-refractivity contribution in [2.75, 3.05) is 13.2 Å². The Morgan fingerprint density at radius 1 is 1.45 bits per heavy atom. The van der Waals surface area contributed by atoms with E-state index in [0.717, 1.165) is 18.6 Å². The Labute approximate surface area is 120 Å². The number of aliphatic hydroxyl groups is 1. The molecule has 1 atom stereocenters. The van der Waals surface area contributed by atoms with Crippen molar-refractivity contribution in [3.63, 3.8) is 0 Å². The number of carbonyl (C=O) groups is 1. The van der Waals surface area contributed by atoms with Crippen LogP contribution in [0.25, 0.3) is 0 Å². The van der Waals surface area contributed by atoms with Gasteiger partial charge in [-0.3, -0.25) is 4.79 Å². The summed E-state index contributed by atoms with van der Waals surface area (Å²) in [6.45, 7) is 7.10. The Balaban J connectivity index is 2.37. The van der Waals surface area contributed by atoms with Crippen molar-refractivity contribution >= 4 is 5.91 Å². The summed E-state index contributed by atoms with van der Waals surface area (Å²) in [5.41, 5.74) is -0.143.